The van der Waals surface area contributed by atoms with E-state index in [9.17, 15) is 67.4 Å². The van der Waals surface area contributed by atoms with Crippen LogP contribution in [0.1, 0.15) is 206 Å². The van der Waals surface area contributed by atoms with Gasteiger partial charge in [-0.05, 0) is 184 Å². The fourth-order valence-corrected chi connectivity index (χ4v) is 11.1. The van der Waals surface area contributed by atoms with Crippen molar-refractivity contribution in [3.8, 4) is 0 Å². The lowest BCUT2D eigenvalue weighted by atomic mass is 9.99. The van der Waals surface area contributed by atoms with Crippen LogP contribution in [0.5, 0.6) is 0 Å². The Kier molecular flexibility index (Phi) is 44.2. The molecule has 0 aromatic heterocycles. The van der Waals surface area contributed by atoms with Crippen LogP contribution in [0.15, 0.2) is 30.3 Å². The number of nitrogens with two attached hydrogens (primary N) is 4. The molecule has 0 spiro atoms. The summed E-state index contributed by atoms with van der Waals surface area (Å²) in [6.45, 7) is 27.0. The van der Waals surface area contributed by atoms with Crippen LogP contribution in [0, 0.1) is 35.5 Å². The number of hydrogen-bond acceptors (Lipinski definition) is 17. The summed E-state index contributed by atoms with van der Waals surface area (Å²) in [6, 6.07) is -6.38. The van der Waals surface area contributed by atoms with Gasteiger partial charge in [0, 0.05) is 0 Å². The van der Waals surface area contributed by atoms with Crippen molar-refractivity contribution in [2.24, 2.45) is 58.4 Å². The number of aliphatic carboxylic acids is 1. The van der Waals surface area contributed by atoms with Crippen LogP contribution in [-0.4, -0.2) is 180 Å². The number of carboxylic acid groups (broad SMARTS) is 1. The first-order valence-corrected chi connectivity index (χ1v) is 36.6. The number of carboxylic acids is 1. The Morgan fingerprint density at radius 3 is 0.775 bits per heavy atom. The highest BCUT2D eigenvalue weighted by molar-refractivity contribution is 5.99. The van der Waals surface area contributed by atoms with Crippen LogP contribution in [0.25, 0.3) is 0 Å². The van der Waals surface area contributed by atoms with Gasteiger partial charge < -0.3 is 91.8 Å². The van der Waals surface area contributed by atoms with Crippen LogP contribution >= 0.6 is 0 Å². The van der Waals surface area contributed by atoms with Crippen molar-refractivity contribution in [1.29, 1.82) is 0 Å². The molecule has 0 aliphatic rings. The summed E-state index contributed by atoms with van der Waals surface area (Å²) in [6.07, 6.45) is 4.00. The van der Waals surface area contributed by atoms with Crippen LogP contribution in [0.3, 0.4) is 0 Å². The standard InChI is InChI=1S/C72H128N16O14/c1-40(2)33-54(83-61(90)47(14)79-68(97)55(34-41(3)4)87-71(100)58(37-44(9)10)86-64(93)51(27-19-22-30-73)80-60(89)46(13)77-63(92)50(76)39-49-25-17-16-18-26-49)67(96)78-48(15)62(91)84-56(35-42(5)6)69(98)81-52(28-20-23-31-74)65(94)85-57(36-43(7)8)70(99)82-53(29-21-24-32-75)66(95)88-59(72(101)102)38-45(11)12/h16-18,25-26,40-48,50-59H,19-24,27-39,73-76H2,1-15H3,(H,77,92)(H,78,96)(H,79,97)(H,80,89)(H,81,98)(H,82,99)(H,83,90)(H,84,91)(H,85,94)(H,86,93)(H,87,100)(H,88,95)(H,101,102)/t46-,47-,48-,50-,51-,52-,53-,54-,55-,56-,57-,58-,59-/m0/s1. The van der Waals surface area contributed by atoms with Crippen molar-refractivity contribution >= 4 is 76.9 Å². The van der Waals surface area contributed by atoms with Crippen molar-refractivity contribution in [2.45, 2.75) is 285 Å². The van der Waals surface area contributed by atoms with Crippen LogP contribution < -0.4 is 86.7 Å². The Hall–Kier alpha value is -7.83. The van der Waals surface area contributed by atoms with Gasteiger partial charge in [0.1, 0.15) is 72.5 Å². The zero-order chi connectivity index (χ0) is 77.5. The van der Waals surface area contributed by atoms with E-state index in [2.05, 4.69) is 63.8 Å². The number of amides is 12. The molecule has 0 fully saturated rings. The molecule has 102 heavy (non-hydrogen) atoms. The molecule has 0 saturated heterocycles. The van der Waals surface area contributed by atoms with Gasteiger partial charge in [0.25, 0.3) is 0 Å². The lowest BCUT2D eigenvalue weighted by Gasteiger charge is -2.29. The number of rotatable bonds is 51. The molecule has 0 aliphatic heterocycles. The quantitative estimate of drug-likeness (QED) is 0.0407. The predicted octanol–water partition coefficient (Wildman–Crippen LogP) is 1.18. The van der Waals surface area contributed by atoms with E-state index in [1.807, 2.05) is 113 Å². The van der Waals surface area contributed by atoms with Crippen LogP contribution in [0.2, 0.25) is 0 Å². The monoisotopic (exact) mass is 1440 g/mol. The van der Waals surface area contributed by atoms with Gasteiger partial charge in [-0.15, -0.1) is 0 Å². The van der Waals surface area contributed by atoms with Crippen molar-refractivity contribution in [3.05, 3.63) is 35.9 Å². The minimum atomic E-state index is -1.29. The average Bonchev–Trinajstić information content (AvgIpc) is 0.869. The van der Waals surface area contributed by atoms with E-state index in [4.69, 9.17) is 22.9 Å². The maximum absolute atomic E-state index is 14.3. The Morgan fingerprint density at radius 1 is 0.294 bits per heavy atom. The maximum atomic E-state index is 14.3. The van der Waals surface area contributed by atoms with E-state index >= 15 is 0 Å². The largest absolute Gasteiger partial charge is 0.480 e. The summed E-state index contributed by atoms with van der Waals surface area (Å²) in [5.74, 6) is -10.7. The maximum Gasteiger partial charge on any atom is 0.326 e. The lowest BCUT2D eigenvalue weighted by Crippen LogP contribution is -2.60. The Bertz CT molecular complexity index is 2810. The number of carbonyl (C=O) groups excluding carboxylic acids is 12. The summed E-state index contributed by atoms with van der Waals surface area (Å²) < 4.78 is 0. The smallest absolute Gasteiger partial charge is 0.326 e. The first-order chi connectivity index (χ1) is 47.8. The number of hydrogen-bond donors (Lipinski definition) is 17. The third-order valence-corrected chi connectivity index (χ3v) is 16.7. The molecule has 0 heterocycles. The second-order valence-corrected chi connectivity index (χ2v) is 29.5. The molecule has 580 valence electrons. The summed E-state index contributed by atoms with van der Waals surface area (Å²) in [7, 11) is 0. The van der Waals surface area contributed by atoms with Gasteiger partial charge in [0.2, 0.25) is 70.9 Å². The van der Waals surface area contributed by atoms with Gasteiger partial charge in [-0.2, -0.15) is 0 Å². The van der Waals surface area contributed by atoms with E-state index < -0.39 is 155 Å². The zero-order valence-corrected chi connectivity index (χ0v) is 63.4. The van der Waals surface area contributed by atoms with E-state index in [1.54, 1.807) is 0 Å². The number of nitrogens with one attached hydrogen (secondary N) is 12. The minimum Gasteiger partial charge on any atom is -0.480 e. The molecule has 30 heteroatoms. The van der Waals surface area contributed by atoms with Crippen molar-refractivity contribution in [2.75, 3.05) is 19.6 Å². The van der Waals surface area contributed by atoms with E-state index in [1.165, 1.54) is 20.8 Å². The number of unbranched alkanes of at least 4 members (excludes halogenated alkanes) is 3. The van der Waals surface area contributed by atoms with Gasteiger partial charge in [0.15, 0.2) is 0 Å². The summed E-state index contributed by atoms with van der Waals surface area (Å²) >= 11 is 0. The molecule has 0 aliphatic carbocycles. The topological polar surface area (TPSA) is 491 Å². The molecule has 13 atom stereocenters. The van der Waals surface area contributed by atoms with Gasteiger partial charge in [-0.1, -0.05) is 113 Å². The summed E-state index contributed by atoms with van der Waals surface area (Å²) in [5, 5.41) is 42.2. The minimum absolute atomic E-state index is 0.0698. The first kappa shape index (κ1) is 92.2. The highest BCUT2D eigenvalue weighted by Gasteiger charge is 2.37. The van der Waals surface area contributed by atoms with Gasteiger partial charge >= 0.3 is 5.97 Å². The van der Waals surface area contributed by atoms with Gasteiger partial charge in [0.05, 0.1) is 6.04 Å². The SMILES string of the molecule is CC(C)C[C@H](NC(=O)[C@H](CCCCN)NC(=O)[C@H](CC(C)C)NC(=O)[C@H](CCCCN)NC(=O)[C@H](CC(C)C)NC(=O)[C@H](C)NC(=O)[C@H](CC(C)C)NC(=O)[C@H](C)NC(=O)[C@H](CC(C)C)NC(=O)[C@H](CC(C)C)NC(=O)[C@H](CCCCN)NC(=O)[C@H](C)NC(=O)[C@@H](N)Cc1ccccc1)C(=O)O. The molecular formula is C72H128N16O14. The van der Waals surface area contributed by atoms with E-state index in [0.29, 0.717) is 51.6 Å². The summed E-state index contributed by atoms with van der Waals surface area (Å²) in [4.78, 5) is 180. The molecule has 1 aromatic rings. The van der Waals surface area contributed by atoms with Crippen molar-refractivity contribution in [1.82, 2.24) is 63.8 Å². The van der Waals surface area contributed by atoms with Crippen LogP contribution in [0.4, 0.5) is 0 Å². The highest BCUT2D eigenvalue weighted by Crippen LogP contribution is 2.16. The van der Waals surface area contributed by atoms with Gasteiger partial charge in [-0.3, -0.25) is 57.5 Å². The molecule has 30 nitrogen and oxygen atoms in total. The molecule has 12 amide bonds. The molecular weight excluding hydrogens is 1310 g/mol. The van der Waals surface area contributed by atoms with E-state index in [0.717, 1.165) is 5.56 Å². The highest BCUT2D eigenvalue weighted by atomic mass is 16.4. The Labute approximate surface area is 604 Å². The third-order valence-electron chi connectivity index (χ3n) is 16.7. The fourth-order valence-electron chi connectivity index (χ4n) is 11.1. The number of benzene rings is 1. The number of carbonyl (C=O) groups is 13. The van der Waals surface area contributed by atoms with Crippen molar-refractivity contribution < 1.29 is 67.4 Å². The second kappa shape index (κ2) is 48.9. The van der Waals surface area contributed by atoms with E-state index in [-0.39, 0.29) is 106 Å². The molecule has 0 bridgehead atoms. The Balaban J connectivity index is 3.36. The second-order valence-electron chi connectivity index (χ2n) is 29.5. The fraction of sp³-hybridized carbons (Fsp3) is 0.736. The molecule has 0 saturated carbocycles. The van der Waals surface area contributed by atoms with Gasteiger partial charge in [-0.25, -0.2) is 4.79 Å². The lowest BCUT2D eigenvalue weighted by molar-refractivity contribution is -0.143. The molecule has 1 rings (SSSR count). The molecule has 0 radical (unpaired) electrons. The zero-order valence-electron chi connectivity index (χ0n) is 63.4. The van der Waals surface area contributed by atoms with Crippen LogP contribution in [-0.2, 0) is 68.7 Å². The molecule has 0 unspecified atom stereocenters. The normalized spacial score (nSPS) is 15.3. The molecule has 1 aromatic carbocycles. The predicted molar refractivity (Wildman–Crippen MR) is 391 cm³/mol. The average molecular weight is 1440 g/mol. The molecule has 21 N–H and O–H groups in total. The van der Waals surface area contributed by atoms with Crippen molar-refractivity contribution in [3.63, 3.8) is 0 Å². The first-order valence-electron chi connectivity index (χ1n) is 36.6. The third kappa shape index (κ3) is 37.4. The summed E-state index contributed by atoms with van der Waals surface area (Å²) in [5.41, 5.74) is 24.3. The Morgan fingerprint density at radius 2 is 0.510 bits per heavy atom.